The Kier molecular flexibility index (Phi) is 7.59. The lowest BCUT2D eigenvalue weighted by Gasteiger charge is -2.29. The maximum Gasteiger partial charge on any atom is 0.320 e. The van der Waals surface area contributed by atoms with Crippen molar-refractivity contribution >= 4 is 23.4 Å². The molecule has 0 bridgehead atoms. The van der Waals surface area contributed by atoms with Crippen LogP contribution in [0.4, 0.5) is 5.69 Å². The number of morpholine rings is 1. The van der Waals surface area contributed by atoms with Gasteiger partial charge in [0, 0.05) is 50.0 Å². The molecule has 8 nitrogen and oxygen atoms in total. The van der Waals surface area contributed by atoms with Gasteiger partial charge in [0.2, 0.25) is 0 Å². The first-order valence-electron chi connectivity index (χ1n) is 11.8. The van der Waals surface area contributed by atoms with Gasteiger partial charge in [0.1, 0.15) is 5.84 Å². The number of benzene rings is 2. The van der Waals surface area contributed by atoms with Crippen LogP contribution >= 0.6 is 0 Å². The quantitative estimate of drug-likeness (QED) is 0.402. The first-order chi connectivity index (χ1) is 16.5. The summed E-state index contributed by atoms with van der Waals surface area (Å²) in [4.78, 5) is 30.7. The molecule has 2 aliphatic rings. The number of hydrogen-bond acceptors (Lipinski definition) is 6. The number of carbonyl (C=O) groups excluding carboxylic acids is 2. The number of amides is 1. The summed E-state index contributed by atoms with van der Waals surface area (Å²) in [5.41, 5.74) is 4.54. The Morgan fingerprint density at radius 3 is 2.44 bits per heavy atom. The van der Waals surface area contributed by atoms with Crippen molar-refractivity contribution in [3.63, 3.8) is 0 Å². The Bertz CT molecular complexity index is 1050. The van der Waals surface area contributed by atoms with Crippen molar-refractivity contribution in [2.75, 3.05) is 57.9 Å². The molecular formula is C26H32N4O4. The number of nitrogens with zero attached hydrogens (tertiary/aromatic N) is 3. The van der Waals surface area contributed by atoms with Crippen LogP contribution in [0.3, 0.4) is 0 Å². The molecule has 180 valence electrons. The average molecular weight is 465 g/mol. The number of amidine groups is 1. The van der Waals surface area contributed by atoms with Crippen molar-refractivity contribution in [1.29, 1.82) is 5.41 Å². The molecule has 0 unspecified atom stereocenters. The number of rotatable bonds is 6. The summed E-state index contributed by atoms with van der Waals surface area (Å²) < 4.78 is 10.4. The van der Waals surface area contributed by atoms with E-state index in [0.717, 1.165) is 48.4 Å². The Hall–Kier alpha value is -3.23. The molecule has 34 heavy (non-hydrogen) atoms. The zero-order chi connectivity index (χ0) is 24.1. The summed E-state index contributed by atoms with van der Waals surface area (Å²) in [5, 5.41) is 8.44. The highest BCUT2D eigenvalue weighted by Gasteiger charge is 2.22. The molecule has 0 atom stereocenters. The summed E-state index contributed by atoms with van der Waals surface area (Å²) in [6.07, 6.45) is 0.790. The van der Waals surface area contributed by atoms with Crippen LogP contribution in [0.15, 0.2) is 42.5 Å². The van der Waals surface area contributed by atoms with E-state index in [1.807, 2.05) is 54.3 Å². The van der Waals surface area contributed by atoms with E-state index in [1.165, 1.54) is 0 Å². The maximum absolute atomic E-state index is 13.2. The molecule has 0 aromatic heterocycles. The standard InChI is InChI=1S/C26H32N4O4/c1-3-34-24(31)18-29-11-10-20-16-21(4-5-22(20)17-29)26(32)28(2)23-8-6-19(7-9-23)25(27)30-12-14-33-15-13-30/h4-9,16,27H,3,10-15,17-18H2,1-2H3. The van der Waals surface area contributed by atoms with Gasteiger partial charge in [-0.15, -0.1) is 0 Å². The lowest BCUT2D eigenvalue weighted by Crippen LogP contribution is -2.40. The van der Waals surface area contributed by atoms with Crippen molar-refractivity contribution in [3.05, 3.63) is 64.7 Å². The number of hydrogen-bond donors (Lipinski definition) is 1. The van der Waals surface area contributed by atoms with Crippen molar-refractivity contribution in [2.24, 2.45) is 0 Å². The van der Waals surface area contributed by atoms with Gasteiger partial charge >= 0.3 is 5.97 Å². The number of fused-ring (bicyclic) bond motifs is 1. The molecule has 0 spiro atoms. The van der Waals surface area contributed by atoms with Crippen LogP contribution in [0.1, 0.15) is 34.0 Å². The second-order valence-corrected chi connectivity index (χ2v) is 8.61. The molecule has 8 heteroatoms. The molecule has 0 saturated carbocycles. The fourth-order valence-electron chi connectivity index (χ4n) is 4.39. The van der Waals surface area contributed by atoms with E-state index < -0.39 is 0 Å². The second-order valence-electron chi connectivity index (χ2n) is 8.61. The topological polar surface area (TPSA) is 86.2 Å². The van der Waals surface area contributed by atoms with Gasteiger partial charge in [-0.25, -0.2) is 0 Å². The van der Waals surface area contributed by atoms with Gasteiger partial charge in [0.25, 0.3) is 5.91 Å². The highest BCUT2D eigenvalue weighted by molar-refractivity contribution is 6.06. The van der Waals surface area contributed by atoms with Crippen LogP contribution in [0, 0.1) is 5.41 Å². The summed E-state index contributed by atoms with van der Waals surface area (Å²) in [6.45, 7) is 6.64. The van der Waals surface area contributed by atoms with E-state index in [9.17, 15) is 9.59 Å². The molecule has 0 radical (unpaired) electrons. The SMILES string of the molecule is CCOC(=O)CN1CCc2cc(C(=O)N(C)c3ccc(C(=N)N4CCOCC4)cc3)ccc2C1. The fourth-order valence-corrected chi connectivity index (χ4v) is 4.39. The number of nitrogens with one attached hydrogen (secondary N) is 1. The average Bonchev–Trinajstić information content (AvgIpc) is 2.88. The number of carbonyl (C=O) groups is 2. The monoisotopic (exact) mass is 464 g/mol. The van der Waals surface area contributed by atoms with E-state index in [0.29, 0.717) is 37.8 Å². The van der Waals surface area contributed by atoms with Crippen LogP contribution in [0.2, 0.25) is 0 Å². The molecule has 4 rings (SSSR count). The smallest absolute Gasteiger partial charge is 0.320 e. The zero-order valence-corrected chi connectivity index (χ0v) is 19.9. The molecule has 1 amide bonds. The van der Waals surface area contributed by atoms with E-state index in [1.54, 1.807) is 11.9 Å². The van der Waals surface area contributed by atoms with Crippen LogP contribution in [-0.4, -0.2) is 80.6 Å². The fraction of sp³-hybridized carbons (Fsp3) is 0.423. The summed E-state index contributed by atoms with van der Waals surface area (Å²) in [7, 11) is 1.77. The molecule has 2 aromatic carbocycles. The van der Waals surface area contributed by atoms with E-state index >= 15 is 0 Å². The van der Waals surface area contributed by atoms with Crippen LogP contribution in [0.5, 0.6) is 0 Å². The largest absolute Gasteiger partial charge is 0.465 e. The molecule has 1 N–H and O–H groups in total. The molecule has 1 fully saturated rings. The minimum absolute atomic E-state index is 0.0761. The summed E-state index contributed by atoms with van der Waals surface area (Å²) in [5.74, 6) is 0.203. The van der Waals surface area contributed by atoms with Gasteiger partial charge in [0.15, 0.2) is 0 Å². The molecular weight excluding hydrogens is 432 g/mol. The van der Waals surface area contributed by atoms with Crippen molar-refractivity contribution < 1.29 is 19.1 Å². The second kappa shape index (κ2) is 10.8. The molecule has 0 aliphatic carbocycles. The minimum Gasteiger partial charge on any atom is -0.465 e. The van der Waals surface area contributed by atoms with Gasteiger partial charge < -0.3 is 19.3 Å². The lowest BCUT2D eigenvalue weighted by molar-refractivity contribution is -0.144. The normalized spacial score (nSPS) is 16.0. The Labute approximate surface area is 200 Å². The predicted molar refractivity (Wildman–Crippen MR) is 130 cm³/mol. The van der Waals surface area contributed by atoms with Gasteiger partial charge in [-0.2, -0.15) is 0 Å². The van der Waals surface area contributed by atoms with Crippen molar-refractivity contribution in [2.45, 2.75) is 19.9 Å². The predicted octanol–water partition coefficient (Wildman–Crippen LogP) is 2.54. The first kappa shape index (κ1) is 23.9. The lowest BCUT2D eigenvalue weighted by atomic mass is 9.96. The van der Waals surface area contributed by atoms with Gasteiger partial charge in [-0.1, -0.05) is 6.07 Å². The summed E-state index contributed by atoms with van der Waals surface area (Å²) in [6, 6.07) is 13.4. The van der Waals surface area contributed by atoms with Gasteiger partial charge in [0.05, 0.1) is 26.4 Å². The third kappa shape index (κ3) is 5.46. The van der Waals surface area contributed by atoms with Gasteiger partial charge in [-0.3, -0.25) is 19.9 Å². The van der Waals surface area contributed by atoms with Crippen LogP contribution < -0.4 is 4.90 Å². The molecule has 1 saturated heterocycles. The first-order valence-corrected chi connectivity index (χ1v) is 11.8. The Morgan fingerprint density at radius 2 is 1.74 bits per heavy atom. The minimum atomic E-state index is -0.203. The van der Waals surface area contributed by atoms with Crippen molar-refractivity contribution in [3.8, 4) is 0 Å². The van der Waals surface area contributed by atoms with E-state index in [-0.39, 0.29) is 18.4 Å². The molecule has 2 aromatic rings. The molecule has 2 heterocycles. The third-order valence-electron chi connectivity index (χ3n) is 6.36. The highest BCUT2D eigenvalue weighted by Crippen LogP contribution is 2.23. The van der Waals surface area contributed by atoms with E-state index in [4.69, 9.17) is 14.9 Å². The number of esters is 1. The summed E-state index contributed by atoms with van der Waals surface area (Å²) >= 11 is 0. The highest BCUT2D eigenvalue weighted by atomic mass is 16.5. The van der Waals surface area contributed by atoms with E-state index in [2.05, 4.69) is 4.90 Å². The van der Waals surface area contributed by atoms with Crippen LogP contribution in [0.25, 0.3) is 0 Å². The van der Waals surface area contributed by atoms with Gasteiger partial charge in [-0.05, 0) is 60.9 Å². The number of ether oxygens (including phenoxy) is 2. The molecule has 2 aliphatic heterocycles. The Balaban J connectivity index is 1.40. The third-order valence-corrected chi connectivity index (χ3v) is 6.36. The van der Waals surface area contributed by atoms with Crippen molar-refractivity contribution in [1.82, 2.24) is 9.80 Å². The van der Waals surface area contributed by atoms with Crippen LogP contribution in [-0.2, 0) is 27.2 Å². The Morgan fingerprint density at radius 1 is 1.03 bits per heavy atom. The number of anilines is 1. The zero-order valence-electron chi connectivity index (χ0n) is 19.9. The maximum atomic E-state index is 13.2.